The van der Waals surface area contributed by atoms with E-state index in [1.165, 1.54) is 12.8 Å². The van der Waals surface area contributed by atoms with Crippen molar-refractivity contribution >= 4 is 0 Å². The van der Waals surface area contributed by atoms with Crippen molar-refractivity contribution < 1.29 is 14.9 Å². The van der Waals surface area contributed by atoms with Crippen LogP contribution in [0.4, 0.5) is 0 Å². The highest BCUT2D eigenvalue weighted by atomic mass is 16.5. The highest BCUT2D eigenvalue weighted by Crippen LogP contribution is 2.20. The Morgan fingerprint density at radius 1 is 1.29 bits per heavy atom. The number of nitrogens with one attached hydrogen (secondary N) is 1. The van der Waals surface area contributed by atoms with E-state index < -0.39 is 6.10 Å². The fourth-order valence-electron chi connectivity index (χ4n) is 2.16. The molecule has 0 aromatic carbocycles. The van der Waals surface area contributed by atoms with E-state index in [4.69, 9.17) is 9.84 Å². The van der Waals surface area contributed by atoms with Gasteiger partial charge in [0.25, 0.3) is 0 Å². The number of aliphatic hydroxyl groups excluding tert-OH is 2. The second-order valence-electron chi connectivity index (χ2n) is 5.33. The summed E-state index contributed by atoms with van der Waals surface area (Å²) in [6.45, 7) is 5.09. The van der Waals surface area contributed by atoms with Crippen molar-refractivity contribution in [2.75, 3.05) is 19.8 Å². The Morgan fingerprint density at radius 2 is 1.94 bits per heavy atom. The summed E-state index contributed by atoms with van der Waals surface area (Å²) in [6, 6.07) is 0.0520. The topological polar surface area (TPSA) is 61.7 Å². The van der Waals surface area contributed by atoms with Gasteiger partial charge >= 0.3 is 0 Å². The van der Waals surface area contributed by atoms with Gasteiger partial charge < -0.3 is 20.3 Å². The van der Waals surface area contributed by atoms with Gasteiger partial charge in [0.1, 0.15) is 0 Å². The molecule has 0 spiro atoms. The molecule has 1 fully saturated rings. The summed E-state index contributed by atoms with van der Waals surface area (Å²) in [4.78, 5) is 0. The first kappa shape index (κ1) is 14.9. The van der Waals surface area contributed by atoms with Gasteiger partial charge in [0.15, 0.2) is 0 Å². The van der Waals surface area contributed by atoms with Crippen molar-refractivity contribution in [2.45, 2.75) is 57.8 Å². The molecule has 0 heterocycles. The molecule has 0 aliphatic heterocycles. The molecular weight excluding hydrogens is 218 g/mol. The first-order valence-corrected chi connectivity index (χ1v) is 6.77. The molecule has 4 nitrogen and oxygen atoms in total. The van der Waals surface area contributed by atoms with Crippen molar-refractivity contribution in [2.24, 2.45) is 5.92 Å². The molecule has 102 valence electrons. The van der Waals surface area contributed by atoms with Crippen molar-refractivity contribution in [3.8, 4) is 0 Å². The lowest BCUT2D eigenvalue weighted by atomic mass is 10.1. The maximum absolute atomic E-state index is 9.77. The van der Waals surface area contributed by atoms with Gasteiger partial charge in [0.2, 0.25) is 0 Å². The van der Waals surface area contributed by atoms with Crippen LogP contribution in [0.1, 0.15) is 39.5 Å². The molecule has 3 N–H and O–H groups in total. The second-order valence-corrected chi connectivity index (χ2v) is 5.33. The number of hydrogen-bond donors (Lipinski definition) is 3. The lowest BCUT2D eigenvalue weighted by molar-refractivity contribution is -0.00740. The van der Waals surface area contributed by atoms with E-state index in [0.717, 1.165) is 12.8 Å². The van der Waals surface area contributed by atoms with Crippen LogP contribution in [0.5, 0.6) is 0 Å². The first-order valence-electron chi connectivity index (χ1n) is 6.77. The Bertz CT molecular complexity index is 193. The zero-order valence-corrected chi connectivity index (χ0v) is 11.1. The van der Waals surface area contributed by atoms with Crippen molar-refractivity contribution in [1.29, 1.82) is 0 Å². The molecule has 0 bridgehead atoms. The quantitative estimate of drug-likeness (QED) is 0.595. The molecule has 0 aromatic rings. The molecule has 2 unspecified atom stereocenters. The Hall–Kier alpha value is -0.160. The Kier molecular flexibility index (Phi) is 7.04. The maximum atomic E-state index is 9.77. The highest BCUT2D eigenvalue weighted by molar-refractivity contribution is 4.72. The number of hydrogen-bond acceptors (Lipinski definition) is 4. The predicted octanol–water partition coefficient (Wildman–Crippen LogP) is 0.913. The van der Waals surface area contributed by atoms with Gasteiger partial charge in [0.05, 0.1) is 25.4 Å². The Labute approximate surface area is 104 Å². The summed E-state index contributed by atoms with van der Waals surface area (Å²) in [6.07, 6.45) is 4.63. The van der Waals surface area contributed by atoms with Crippen LogP contribution in [0.15, 0.2) is 0 Å². The van der Waals surface area contributed by atoms with Gasteiger partial charge in [-0.05, 0) is 18.8 Å². The minimum absolute atomic E-state index is 0.0520. The number of rotatable bonds is 8. The van der Waals surface area contributed by atoms with Crippen molar-refractivity contribution in [1.82, 2.24) is 5.32 Å². The lowest BCUT2D eigenvalue weighted by Crippen LogP contribution is -2.42. The molecular formula is C13H27NO3. The third kappa shape index (κ3) is 5.82. The summed E-state index contributed by atoms with van der Waals surface area (Å²) in [5.74, 6) is 0.364. The van der Waals surface area contributed by atoms with Crippen molar-refractivity contribution in [3.63, 3.8) is 0 Å². The second kappa shape index (κ2) is 8.03. The van der Waals surface area contributed by atoms with Crippen LogP contribution in [-0.2, 0) is 4.74 Å². The summed E-state index contributed by atoms with van der Waals surface area (Å²) in [5.41, 5.74) is 0. The fraction of sp³-hybridized carbons (Fsp3) is 1.00. The van der Waals surface area contributed by atoms with Gasteiger partial charge in [-0.15, -0.1) is 0 Å². The minimum Gasteiger partial charge on any atom is -0.395 e. The van der Waals surface area contributed by atoms with Gasteiger partial charge in [-0.1, -0.05) is 26.7 Å². The van der Waals surface area contributed by atoms with Crippen LogP contribution >= 0.6 is 0 Å². The van der Waals surface area contributed by atoms with E-state index in [1.807, 2.05) is 0 Å². The molecule has 17 heavy (non-hydrogen) atoms. The van der Waals surface area contributed by atoms with Crippen molar-refractivity contribution in [3.05, 3.63) is 0 Å². The summed E-state index contributed by atoms with van der Waals surface area (Å²) >= 11 is 0. The van der Waals surface area contributed by atoms with E-state index in [1.54, 1.807) is 0 Å². The van der Waals surface area contributed by atoms with Crippen LogP contribution in [0.2, 0.25) is 0 Å². The average molecular weight is 245 g/mol. The first-order chi connectivity index (χ1) is 8.13. The van der Waals surface area contributed by atoms with Crippen LogP contribution in [0.3, 0.4) is 0 Å². The molecule has 0 aromatic heterocycles. The Balaban J connectivity index is 2.09. The van der Waals surface area contributed by atoms with Gasteiger partial charge in [-0.25, -0.2) is 0 Å². The van der Waals surface area contributed by atoms with Gasteiger partial charge in [-0.3, -0.25) is 0 Å². The Morgan fingerprint density at radius 3 is 2.47 bits per heavy atom. The van der Waals surface area contributed by atoms with E-state index in [2.05, 4.69) is 19.2 Å². The maximum Gasteiger partial charge on any atom is 0.0897 e. The van der Waals surface area contributed by atoms with E-state index in [9.17, 15) is 5.11 Å². The van der Waals surface area contributed by atoms with E-state index >= 15 is 0 Å². The zero-order valence-electron chi connectivity index (χ0n) is 11.1. The number of aliphatic hydroxyl groups is 2. The largest absolute Gasteiger partial charge is 0.395 e. The lowest BCUT2D eigenvalue weighted by Gasteiger charge is -2.22. The van der Waals surface area contributed by atoms with Crippen LogP contribution in [0, 0.1) is 5.92 Å². The fourth-order valence-corrected chi connectivity index (χ4v) is 2.16. The monoisotopic (exact) mass is 245 g/mol. The third-order valence-corrected chi connectivity index (χ3v) is 3.44. The van der Waals surface area contributed by atoms with E-state index in [0.29, 0.717) is 25.2 Å². The predicted molar refractivity (Wildman–Crippen MR) is 67.9 cm³/mol. The normalized spacial score (nSPS) is 21.0. The number of ether oxygens (including phenoxy) is 1. The van der Waals surface area contributed by atoms with Gasteiger partial charge in [-0.2, -0.15) is 0 Å². The molecule has 1 saturated carbocycles. The summed E-state index contributed by atoms with van der Waals surface area (Å²) < 4.78 is 5.64. The molecule has 2 atom stereocenters. The standard InChI is InChI=1S/C13H27NO3/c1-10(2)13(8-15)14-7-11(16)9-17-12-5-3-4-6-12/h10-16H,3-9H2,1-2H3. The highest BCUT2D eigenvalue weighted by Gasteiger charge is 2.18. The average Bonchev–Trinajstić information content (AvgIpc) is 2.79. The van der Waals surface area contributed by atoms with Crippen LogP contribution < -0.4 is 5.32 Å². The smallest absolute Gasteiger partial charge is 0.0897 e. The van der Waals surface area contributed by atoms with E-state index in [-0.39, 0.29) is 12.6 Å². The summed E-state index contributed by atoms with van der Waals surface area (Å²) in [5, 5.41) is 22.1. The van der Waals surface area contributed by atoms with Crippen LogP contribution in [-0.4, -0.2) is 48.2 Å². The SMILES string of the molecule is CC(C)C(CO)NCC(O)COC1CCCC1. The molecule has 1 rings (SSSR count). The third-order valence-electron chi connectivity index (χ3n) is 3.44. The molecule has 1 aliphatic rings. The van der Waals surface area contributed by atoms with Crippen LogP contribution in [0.25, 0.3) is 0 Å². The summed E-state index contributed by atoms with van der Waals surface area (Å²) in [7, 11) is 0. The molecule has 0 radical (unpaired) electrons. The van der Waals surface area contributed by atoms with Gasteiger partial charge in [0, 0.05) is 12.6 Å². The molecule has 1 aliphatic carbocycles. The molecule has 0 saturated heterocycles. The molecule has 0 amide bonds. The zero-order chi connectivity index (χ0) is 12.7. The molecule has 4 heteroatoms. The minimum atomic E-state index is -0.483.